The number of halogens is 3. The standard InChI is InChI=1S/C29H31F3N2O5S/c30-17-29(21-4-6-22(31)7-5-21)9-11-34(12-10-29)16-20-13-25(32)24(15-23(20)18-1-2-18)28(37)33-40(38,39)26-14-19(26)3-8-27(35)36/h3-8,13,15,18-19,26H,1-2,9-12,14,16-17H2,(H,33,37)(H,35,36)/b8-3+. The smallest absolute Gasteiger partial charge is 0.327 e. The number of carboxylic acids is 1. The van der Waals surface area contributed by atoms with Crippen molar-refractivity contribution in [3.8, 4) is 0 Å². The lowest BCUT2D eigenvalue weighted by Crippen LogP contribution is -2.43. The Kier molecular flexibility index (Phi) is 7.80. The summed E-state index contributed by atoms with van der Waals surface area (Å²) in [6.07, 6.45) is 5.14. The van der Waals surface area contributed by atoms with Gasteiger partial charge >= 0.3 is 5.97 Å². The molecule has 0 radical (unpaired) electrons. The highest BCUT2D eigenvalue weighted by atomic mass is 32.2. The molecule has 2 aromatic rings. The molecule has 40 heavy (non-hydrogen) atoms. The molecule has 3 fully saturated rings. The Bertz CT molecular complexity index is 1430. The number of sulfonamides is 1. The molecule has 7 nitrogen and oxygen atoms in total. The number of aliphatic carboxylic acids is 1. The number of carbonyl (C=O) groups excluding carboxylic acids is 1. The number of allylic oxidation sites excluding steroid dienone is 1. The van der Waals surface area contributed by atoms with Crippen molar-refractivity contribution in [2.75, 3.05) is 19.8 Å². The van der Waals surface area contributed by atoms with Gasteiger partial charge in [-0.05, 0) is 98.0 Å². The third kappa shape index (κ3) is 6.10. The Morgan fingerprint density at radius 3 is 2.38 bits per heavy atom. The Morgan fingerprint density at radius 2 is 1.77 bits per heavy atom. The summed E-state index contributed by atoms with van der Waals surface area (Å²) in [5.74, 6) is -3.80. The van der Waals surface area contributed by atoms with Gasteiger partial charge in [0.25, 0.3) is 5.91 Å². The van der Waals surface area contributed by atoms with Crippen LogP contribution in [0.3, 0.4) is 0 Å². The highest BCUT2D eigenvalue weighted by Gasteiger charge is 2.47. The van der Waals surface area contributed by atoms with Gasteiger partial charge < -0.3 is 5.11 Å². The van der Waals surface area contributed by atoms with Crippen molar-refractivity contribution in [3.05, 3.63) is 82.4 Å². The van der Waals surface area contributed by atoms with Crippen molar-refractivity contribution in [3.63, 3.8) is 0 Å². The van der Waals surface area contributed by atoms with Gasteiger partial charge in [-0.15, -0.1) is 0 Å². The number of piperidine rings is 1. The maximum Gasteiger partial charge on any atom is 0.327 e. The van der Waals surface area contributed by atoms with E-state index in [4.69, 9.17) is 5.11 Å². The van der Waals surface area contributed by atoms with E-state index in [0.717, 1.165) is 35.6 Å². The zero-order chi connectivity index (χ0) is 28.7. The van der Waals surface area contributed by atoms with E-state index in [9.17, 15) is 26.8 Å². The van der Waals surface area contributed by atoms with Crippen molar-refractivity contribution >= 4 is 21.9 Å². The summed E-state index contributed by atoms with van der Waals surface area (Å²) in [5.41, 5.74) is 1.25. The minimum atomic E-state index is -4.11. The van der Waals surface area contributed by atoms with Gasteiger partial charge in [-0.3, -0.25) is 14.1 Å². The quantitative estimate of drug-likeness (QED) is 0.406. The molecule has 1 amide bonds. The molecule has 1 saturated heterocycles. The molecule has 2 saturated carbocycles. The fourth-order valence-corrected chi connectivity index (χ4v) is 7.16. The van der Waals surface area contributed by atoms with Gasteiger partial charge in [-0.1, -0.05) is 18.2 Å². The second kappa shape index (κ2) is 11.0. The van der Waals surface area contributed by atoms with Crippen LogP contribution < -0.4 is 4.72 Å². The van der Waals surface area contributed by atoms with Crippen molar-refractivity contribution in [2.45, 2.75) is 55.2 Å². The average molecular weight is 577 g/mol. The second-order valence-electron chi connectivity index (χ2n) is 11.1. The van der Waals surface area contributed by atoms with Gasteiger partial charge in [0.2, 0.25) is 10.0 Å². The molecule has 0 aromatic heterocycles. The predicted molar refractivity (Wildman–Crippen MR) is 142 cm³/mol. The molecular formula is C29H31F3N2O5S. The number of likely N-dealkylation sites (tertiary alicyclic amines) is 1. The number of hydrogen-bond donors (Lipinski definition) is 2. The lowest BCUT2D eigenvalue weighted by molar-refractivity contribution is -0.131. The van der Waals surface area contributed by atoms with E-state index in [-0.39, 0.29) is 23.7 Å². The highest BCUT2D eigenvalue weighted by molar-refractivity contribution is 7.91. The number of carbonyl (C=O) groups is 2. The summed E-state index contributed by atoms with van der Waals surface area (Å²) in [4.78, 5) is 25.6. The molecule has 2 unspecified atom stereocenters. The summed E-state index contributed by atoms with van der Waals surface area (Å²) in [7, 11) is -4.11. The number of nitrogens with zero attached hydrogens (tertiary/aromatic N) is 1. The van der Waals surface area contributed by atoms with Crippen LogP contribution in [0.2, 0.25) is 0 Å². The summed E-state index contributed by atoms with van der Waals surface area (Å²) in [5, 5.41) is 7.78. The molecule has 5 rings (SSSR count). The first kappa shape index (κ1) is 28.4. The summed E-state index contributed by atoms with van der Waals surface area (Å²) >= 11 is 0. The Balaban J connectivity index is 1.27. The van der Waals surface area contributed by atoms with Crippen LogP contribution in [0.25, 0.3) is 0 Å². The number of hydrogen-bond acceptors (Lipinski definition) is 5. The molecule has 2 atom stereocenters. The Labute approximate surface area is 231 Å². The topological polar surface area (TPSA) is 104 Å². The number of benzene rings is 2. The maximum atomic E-state index is 15.2. The van der Waals surface area contributed by atoms with Crippen LogP contribution in [0.1, 0.15) is 65.1 Å². The largest absolute Gasteiger partial charge is 0.478 e. The van der Waals surface area contributed by atoms with E-state index >= 15 is 4.39 Å². The molecule has 0 spiro atoms. The molecule has 1 heterocycles. The SMILES string of the molecule is O=C(O)/C=C/C1CC1S(=O)(=O)NC(=O)c1cc(C2CC2)c(CN2CCC(CF)(c3ccc(F)cc3)CC2)cc1F. The lowest BCUT2D eigenvalue weighted by Gasteiger charge is -2.40. The fraction of sp³-hybridized carbons (Fsp3) is 0.448. The fourth-order valence-electron chi connectivity index (χ4n) is 5.61. The van der Waals surface area contributed by atoms with Crippen LogP contribution in [0.4, 0.5) is 13.2 Å². The van der Waals surface area contributed by atoms with Gasteiger partial charge in [0, 0.05) is 18.0 Å². The molecular weight excluding hydrogens is 545 g/mol. The van der Waals surface area contributed by atoms with Gasteiger partial charge in [0.1, 0.15) is 11.6 Å². The third-order valence-corrected chi connectivity index (χ3v) is 10.1. The molecule has 1 aliphatic heterocycles. The van der Waals surface area contributed by atoms with Gasteiger partial charge in [-0.2, -0.15) is 0 Å². The normalized spacial score (nSPS) is 22.8. The van der Waals surface area contributed by atoms with E-state index in [1.165, 1.54) is 30.3 Å². The van der Waals surface area contributed by atoms with Crippen molar-refractivity contribution < 1.29 is 36.3 Å². The second-order valence-corrected chi connectivity index (χ2v) is 13.0. The van der Waals surface area contributed by atoms with Crippen LogP contribution in [-0.4, -0.2) is 55.3 Å². The molecule has 0 bridgehead atoms. The van der Waals surface area contributed by atoms with Crippen LogP contribution in [-0.2, 0) is 26.8 Å². The van der Waals surface area contributed by atoms with Crippen LogP contribution in [0.15, 0.2) is 48.6 Å². The van der Waals surface area contributed by atoms with Crippen LogP contribution >= 0.6 is 0 Å². The Morgan fingerprint density at radius 1 is 1.10 bits per heavy atom. The molecule has 11 heteroatoms. The number of alkyl halides is 1. The summed E-state index contributed by atoms with van der Waals surface area (Å²) in [6.45, 7) is 0.978. The lowest BCUT2D eigenvalue weighted by atomic mass is 9.74. The predicted octanol–water partition coefficient (Wildman–Crippen LogP) is 4.43. The summed E-state index contributed by atoms with van der Waals surface area (Å²) in [6, 6.07) is 8.67. The Hall–Kier alpha value is -3.18. The number of rotatable bonds is 10. The molecule has 2 aromatic carbocycles. The van der Waals surface area contributed by atoms with E-state index in [1.807, 2.05) is 4.72 Å². The zero-order valence-corrected chi connectivity index (χ0v) is 22.6. The van der Waals surface area contributed by atoms with E-state index in [2.05, 4.69) is 4.90 Å². The molecule has 2 N–H and O–H groups in total. The van der Waals surface area contributed by atoms with Crippen molar-refractivity contribution in [2.24, 2.45) is 5.92 Å². The zero-order valence-electron chi connectivity index (χ0n) is 21.8. The van der Waals surface area contributed by atoms with E-state index < -0.39 is 51.0 Å². The average Bonchev–Trinajstić information content (AvgIpc) is 3.83. The number of amides is 1. The monoisotopic (exact) mass is 576 g/mol. The first-order valence-corrected chi connectivity index (χ1v) is 14.9. The third-order valence-electron chi connectivity index (χ3n) is 8.31. The van der Waals surface area contributed by atoms with Gasteiger partial charge in [0.05, 0.1) is 17.5 Å². The highest BCUT2D eigenvalue weighted by Crippen LogP contribution is 2.44. The van der Waals surface area contributed by atoms with Gasteiger partial charge in [0.15, 0.2) is 0 Å². The van der Waals surface area contributed by atoms with Crippen LogP contribution in [0, 0.1) is 17.6 Å². The van der Waals surface area contributed by atoms with Crippen molar-refractivity contribution in [1.82, 2.24) is 9.62 Å². The van der Waals surface area contributed by atoms with E-state index in [1.54, 1.807) is 12.1 Å². The van der Waals surface area contributed by atoms with Crippen molar-refractivity contribution in [1.29, 1.82) is 0 Å². The number of nitrogens with one attached hydrogen (secondary N) is 1. The van der Waals surface area contributed by atoms with E-state index in [0.29, 0.717) is 32.5 Å². The minimum Gasteiger partial charge on any atom is -0.478 e. The number of carboxylic acid groups (broad SMARTS) is 1. The molecule has 3 aliphatic rings. The van der Waals surface area contributed by atoms with Crippen LogP contribution in [0.5, 0.6) is 0 Å². The molecule has 214 valence electrons. The molecule has 2 aliphatic carbocycles. The first-order valence-electron chi connectivity index (χ1n) is 13.3. The first-order chi connectivity index (χ1) is 19.0. The van der Waals surface area contributed by atoms with Gasteiger partial charge in [-0.25, -0.2) is 26.7 Å². The minimum absolute atomic E-state index is 0.154. The summed E-state index contributed by atoms with van der Waals surface area (Å²) < 4.78 is 70.0. The maximum absolute atomic E-state index is 15.2.